The summed E-state index contributed by atoms with van der Waals surface area (Å²) in [6.07, 6.45) is -4.67. The Bertz CT molecular complexity index is 1400. The second kappa shape index (κ2) is 18.7. The molecule has 2 amide bonds. The largest absolute Gasteiger partial charge is 0.573 e. The van der Waals surface area contributed by atoms with E-state index in [1.807, 2.05) is 13.8 Å². The lowest BCUT2D eigenvalue weighted by Gasteiger charge is -2.34. The Kier molecular flexibility index (Phi) is 16.2. The maximum Gasteiger partial charge on any atom is 0.573 e. The van der Waals surface area contributed by atoms with Gasteiger partial charge in [-0.15, -0.1) is 18.3 Å². The molecule has 0 aromatic heterocycles. The summed E-state index contributed by atoms with van der Waals surface area (Å²) in [5.74, 6) is -3.63. The SMILES string of the molecule is CC.CCC(F)(F)c1ccc(CNC=O)cc1.CN=N/N=C(\N)CC(=O)N1CCN(S(=O)(=O)c2ccc(OC(F)(F)F)cc2)CC1. The van der Waals surface area contributed by atoms with Crippen LogP contribution in [0.2, 0.25) is 0 Å². The molecule has 3 N–H and O–H groups in total. The molecule has 0 aliphatic carbocycles. The summed E-state index contributed by atoms with van der Waals surface area (Å²) in [5, 5.41) is 12.7. The average Bonchev–Trinajstić information content (AvgIpc) is 3.03. The highest BCUT2D eigenvalue weighted by Gasteiger charge is 2.33. The van der Waals surface area contributed by atoms with Crippen LogP contribution in [0.4, 0.5) is 22.0 Å². The fourth-order valence-electron chi connectivity index (χ4n) is 3.77. The molecule has 2 aromatic carbocycles. The molecule has 0 atom stereocenters. The van der Waals surface area contributed by atoms with E-state index in [4.69, 9.17) is 5.73 Å². The zero-order valence-corrected chi connectivity index (χ0v) is 26.6. The highest BCUT2D eigenvalue weighted by molar-refractivity contribution is 7.89. The number of rotatable bonds is 11. The minimum Gasteiger partial charge on any atom is -0.406 e. The Hall–Kier alpha value is -4.19. The number of piperazine rings is 1. The molecule has 0 unspecified atom stereocenters. The summed E-state index contributed by atoms with van der Waals surface area (Å²) in [7, 11) is -2.53. The lowest BCUT2D eigenvalue weighted by molar-refractivity contribution is -0.274. The summed E-state index contributed by atoms with van der Waals surface area (Å²) in [5.41, 5.74) is 6.37. The van der Waals surface area contributed by atoms with Crippen LogP contribution in [0.5, 0.6) is 5.75 Å². The lowest BCUT2D eigenvalue weighted by Crippen LogP contribution is -2.51. The quantitative estimate of drug-likeness (QED) is 0.0881. The normalized spacial score (nSPS) is 14.5. The Morgan fingerprint density at radius 1 is 1.00 bits per heavy atom. The van der Waals surface area contributed by atoms with Gasteiger partial charge in [0.15, 0.2) is 0 Å². The maximum atomic E-state index is 13.2. The van der Waals surface area contributed by atoms with E-state index in [0.717, 1.165) is 34.1 Å². The predicted octanol–water partition coefficient (Wildman–Crippen LogP) is 4.62. The van der Waals surface area contributed by atoms with E-state index in [2.05, 4.69) is 25.5 Å². The zero-order chi connectivity index (χ0) is 35.0. The number of amidine groups is 1. The first kappa shape index (κ1) is 39.8. The average molecular weight is 680 g/mol. The molecule has 2 aromatic rings. The minimum absolute atomic E-state index is 0.0138. The van der Waals surface area contributed by atoms with E-state index in [9.17, 15) is 40.0 Å². The molecule has 0 spiro atoms. The molecule has 1 heterocycles. The first-order valence-corrected chi connectivity index (χ1v) is 15.5. The van der Waals surface area contributed by atoms with Gasteiger partial charge in [0.2, 0.25) is 22.3 Å². The minimum atomic E-state index is -4.86. The number of hydrogen-bond donors (Lipinski definition) is 2. The van der Waals surface area contributed by atoms with E-state index in [1.54, 1.807) is 12.1 Å². The Balaban J connectivity index is 0.000000522. The molecule has 1 saturated heterocycles. The van der Waals surface area contributed by atoms with Gasteiger partial charge in [0.05, 0.1) is 18.4 Å². The van der Waals surface area contributed by atoms with Gasteiger partial charge in [-0.25, -0.2) is 17.2 Å². The van der Waals surface area contributed by atoms with Crippen LogP contribution in [-0.4, -0.2) is 75.4 Å². The van der Waals surface area contributed by atoms with Crippen LogP contribution in [0, 0.1) is 0 Å². The van der Waals surface area contributed by atoms with E-state index in [-0.39, 0.29) is 61.2 Å². The van der Waals surface area contributed by atoms with Gasteiger partial charge in [-0.3, -0.25) is 9.59 Å². The molecular formula is C28H38F5N7O5S. The summed E-state index contributed by atoms with van der Waals surface area (Å²) in [6.45, 7) is 6.14. The molecule has 46 heavy (non-hydrogen) atoms. The number of alkyl halides is 5. The Labute approximate surface area is 264 Å². The van der Waals surface area contributed by atoms with E-state index < -0.39 is 28.1 Å². The second-order valence-electron chi connectivity index (χ2n) is 9.12. The van der Waals surface area contributed by atoms with Gasteiger partial charge in [-0.2, -0.15) is 9.42 Å². The molecule has 3 rings (SSSR count). The van der Waals surface area contributed by atoms with Gasteiger partial charge in [-0.1, -0.05) is 45.0 Å². The number of carbonyl (C=O) groups is 2. The van der Waals surface area contributed by atoms with Gasteiger partial charge in [0.1, 0.15) is 11.6 Å². The molecular weight excluding hydrogens is 641 g/mol. The number of nitrogens with zero attached hydrogens (tertiary/aromatic N) is 5. The van der Waals surface area contributed by atoms with Gasteiger partial charge in [0, 0.05) is 44.7 Å². The first-order chi connectivity index (χ1) is 21.6. The maximum absolute atomic E-state index is 13.2. The zero-order valence-electron chi connectivity index (χ0n) is 25.8. The molecule has 0 saturated carbocycles. The van der Waals surface area contributed by atoms with E-state index in [1.165, 1.54) is 31.0 Å². The van der Waals surface area contributed by atoms with Crippen molar-refractivity contribution < 1.29 is 44.7 Å². The van der Waals surface area contributed by atoms with Crippen molar-refractivity contribution in [3.05, 3.63) is 59.7 Å². The number of benzene rings is 2. The predicted molar refractivity (Wildman–Crippen MR) is 160 cm³/mol. The topological polar surface area (TPSA) is 159 Å². The van der Waals surface area contributed by atoms with Crippen molar-refractivity contribution in [3.63, 3.8) is 0 Å². The highest BCUT2D eigenvalue weighted by atomic mass is 32.2. The fraction of sp³-hybridized carbons (Fsp3) is 0.464. The molecule has 0 radical (unpaired) electrons. The van der Waals surface area contributed by atoms with Crippen molar-refractivity contribution in [1.82, 2.24) is 14.5 Å². The number of ether oxygens (including phenoxy) is 1. The van der Waals surface area contributed by atoms with Gasteiger partial charge >= 0.3 is 6.36 Å². The van der Waals surface area contributed by atoms with Crippen LogP contribution >= 0.6 is 0 Å². The first-order valence-electron chi connectivity index (χ1n) is 14.0. The number of nitrogens with one attached hydrogen (secondary N) is 1. The molecule has 0 bridgehead atoms. The number of sulfonamides is 1. The van der Waals surface area contributed by atoms with Crippen molar-refractivity contribution in [1.29, 1.82) is 0 Å². The molecule has 1 aliphatic heterocycles. The third kappa shape index (κ3) is 13.0. The number of carbonyl (C=O) groups excluding carboxylic acids is 2. The van der Waals surface area contributed by atoms with Gasteiger partial charge in [-0.05, 0) is 35.1 Å². The van der Waals surface area contributed by atoms with E-state index in [0.29, 0.717) is 13.0 Å². The Morgan fingerprint density at radius 2 is 1.57 bits per heavy atom. The van der Waals surface area contributed by atoms with Crippen molar-refractivity contribution in [3.8, 4) is 5.75 Å². The third-order valence-corrected chi connectivity index (χ3v) is 8.00. The van der Waals surface area contributed by atoms with Crippen molar-refractivity contribution in [2.24, 2.45) is 21.2 Å². The Morgan fingerprint density at radius 3 is 2.04 bits per heavy atom. The van der Waals surface area contributed by atoms with Crippen LogP contribution in [0.3, 0.4) is 0 Å². The van der Waals surface area contributed by atoms with Crippen molar-refractivity contribution in [2.45, 2.75) is 57.3 Å². The summed E-state index contributed by atoms with van der Waals surface area (Å²) >= 11 is 0. The van der Waals surface area contributed by atoms with Crippen LogP contribution in [-0.2, 0) is 32.1 Å². The molecule has 18 heteroatoms. The fourth-order valence-corrected chi connectivity index (χ4v) is 5.20. The molecule has 1 aliphatic rings. The van der Waals surface area contributed by atoms with Gasteiger partial charge in [0.25, 0.3) is 5.92 Å². The number of halogens is 5. The second-order valence-corrected chi connectivity index (χ2v) is 11.1. The molecule has 12 nitrogen and oxygen atoms in total. The number of hydrogen-bond acceptors (Lipinski definition) is 7. The highest BCUT2D eigenvalue weighted by Crippen LogP contribution is 2.31. The van der Waals surface area contributed by atoms with E-state index >= 15 is 0 Å². The number of nitrogens with two attached hydrogens (primary N) is 1. The van der Waals surface area contributed by atoms with Crippen LogP contribution in [0.1, 0.15) is 44.7 Å². The summed E-state index contributed by atoms with van der Waals surface area (Å²) in [6, 6.07) is 9.90. The van der Waals surface area contributed by atoms with Crippen molar-refractivity contribution >= 4 is 28.2 Å². The van der Waals surface area contributed by atoms with Crippen LogP contribution < -0.4 is 15.8 Å². The molecule has 256 valence electrons. The summed E-state index contributed by atoms with van der Waals surface area (Å²) < 4.78 is 93.2. The van der Waals surface area contributed by atoms with Gasteiger partial charge < -0.3 is 20.7 Å². The monoisotopic (exact) mass is 679 g/mol. The van der Waals surface area contributed by atoms with Crippen LogP contribution in [0.25, 0.3) is 0 Å². The number of amides is 2. The smallest absolute Gasteiger partial charge is 0.406 e. The lowest BCUT2D eigenvalue weighted by atomic mass is 10.0. The third-order valence-electron chi connectivity index (χ3n) is 6.09. The standard InChI is InChI=1S/C15H19F3N6O4S.C11H13F2NO.C2H6/c1-20-22-21-13(19)10-14(25)23-6-8-24(9-7-23)29(26,27)12-4-2-11(3-5-12)28-15(16,17)18;1-2-11(12,13)10-5-3-9(4-6-10)7-14-8-15;1-2/h2-5H,6-10H2,1H3,(H2,19,20,21);3-6,8H,2,7H2,1H3,(H,14,15);1-2H3. The molecule has 1 fully saturated rings. The summed E-state index contributed by atoms with van der Waals surface area (Å²) in [4.78, 5) is 23.5. The van der Waals surface area contributed by atoms with Crippen LogP contribution in [0.15, 0.2) is 68.9 Å². The van der Waals surface area contributed by atoms with Crippen molar-refractivity contribution in [2.75, 3.05) is 33.2 Å².